The minimum Gasteiger partial charge on any atom is -0.496 e. The van der Waals surface area contributed by atoms with E-state index in [0.29, 0.717) is 15.6 Å². The van der Waals surface area contributed by atoms with Crippen LogP contribution in [0.5, 0.6) is 5.75 Å². The molecular formula is C18H16Cl2N2O5. The van der Waals surface area contributed by atoms with E-state index in [4.69, 9.17) is 32.7 Å². The van der Waals surface area contributed by atoms with Crippen molar-refractivity contribution in [2.75, 3.05) is 13.7 Å². The quantitative estimate of drug-likeness (QED) is 0.563. The molecule has 0 atom stereocenters. The van der Waals surface area contributed by atoms with Crippen molar-refractivity contribution in [3.63, 3.8) is 0 Å². The topological polar surface area (TPSA) is 93.7 Å². The van der Waals surface area contributed by atoms with E-state index in [-0.39, 0.29) is 17.7 Å². The average Bonchev–Trinajstić information content (AvgIpc) is 2.66. The number of hydrogen-bond donors (Lipinski definition) is 2. The number of hydrazine groups is 1. The molecule has 0 saturated carbocycles. The van der Waals surface area contributed by atoms with Gasteiger partial charge in [-0.05, 0) is 29.8 Å². The monoisotopic (exact) mass is 410 g/mol. The van der Waals surface area contributed by atoms with Crippen LogP contribution in [0.1, 0.15) is 15.9 Å². The first-order valence-electron chi connectivity index (χ1n) is 7.72. The van der Waals surface area contributed by atoms with Crippen molar-refractivity contribution in [2.24, 2.45) is 0 Å². The lowest BCUT2D eigenvalue weighted by atomic mass is 10.1. The Labute approximate surface area is 165 Å². The fourth-order valence-corrected chi connectivity index (χ4v) is 2.46. The molecule has 0 heterocycles. The highest BCUT2D eigenvalue weighted by atomic mass is 35.5. The molecule has 27 heavy (non-hydrogen) atoms. The smallest absolute Gasteiger partial charge is 0.310 e. The van der Waals surface area contributed by atoms with E-state index < -0.39 is 24.4 Å². The van der Waals surface area contributed by atoms with Gasteiger partial charge in [0, 0.05) is 10.0 Å². The van der Waals surface area contributed by atoms with Crippen LogP contribution in [0.15, 0.2) is 42.5 Å². The first kappa shape index (κ1) is 20.5. The Morgan fingerprint density at radius 3 is 2.48 bits per heavy atom. The zero-order valence-electron chi connectivity index (χ0n) is 14.3. The van der Waals surface area contributed by atoms with Crippen molar-refractivity contribution in [2.45, 2.75) is 6.42 Å². The average molecular weight is 411 g/mol. The highest BCUT2D eigenvalue weighted by Gasteiger charge is 2.15. The molecule has 0 fully saturated rings. The number of ether oxygens (including phenoxy) is 2. The number of benzene rings is 2. The fraction of sp³-hybridized carbons (Fsp3) is 0.167. The maximum atomic E-state index is 12.1. The van der Waals surface area contributed by atoms with E-state index in [0.717, 1.165) is 0 Å². The molecule has 0 aromatic heterocycles. The third-order valence-electron chi connectivity index (χ3n) is 3.38. The van der Waals surface area contributed by atoms with Crippen LogP contribution in [-0.4, -0.2) is 31.5 Å². The molecule has 0 unspecified atom stereocenters. The molecule has 0 bridgehead atoms. The predicted octanol–water partition coefficient (Wildman–Crippen LogP) is 2.55. The summed E-state index contributed by atoms with van der Waals surface area (Å²) in [5, 5.41) is 0.766. The second-order valence-electron chi connectivity index (χ2n) is 5.28. The van der Waals surface area contributed by atoms with E-state index in [1.165, 1.54) is 19.2 Å². The molecule has 0 aliphatic rings. The van der Waals surface area contributed by atoms with Gasteiger partial charge in [0.25, 0.3) is 11.8 Å². The third kappa shape index (κ3) is 6.16. The molecule has 0 saturated heterocycles. The van der Waals surface area contributed by atoms with Gasteiger partial charge < -0.3 is 9.47 Å². The summed E-state index contributed by atoms with van der Waals surface area (Å²) >= 11 is 11.8. The lowest BCUT2D eigenvalue weighted by molar-refractivity contribution is -0.148. The van der Waals surface area contributed by atoms with Gasteiger partial charge in [0.1, 0.15) is 5.75 Å². The number of rotatable bonds is 6. The molecule has 2 aromatic carbocycles. The zero-order valence-corrected chi connectivity index (χ0v) is 15.8. The molecule has 0 aliphatic heterocycles. The third-order valence-corrected chi connectivity index (χ3v) is 3.98. The Bertz CT molecular complexity index is 857. The molecule has 7 nitrogen and oxygen atoms in total. The Morgan fingerprint density at radius 2 is 1.78 bits per heavy atom. The van der Waals surface area contributed by atoms with Crippen LogP contribution in [0.4, 0.5) is 0 Å². The van der Waals surface area contributed by atoms with Crippen LogP contribution < -0.4 is 15.6 Å². The molecule has 2 N–H and O–H groups in total. The van der Waals surface area contributed by atoms with Gasteiger partial charge in [-0.2, -0.15) is 0 Å². The van der Waals surface area contributed by atoms with Gasteiger partial charge >= 0.3 is 5.97 Å². The summed E-state index contributed by atoms with van der Waals surface area (Å²) in [6, 6.07) is 11.3. The summed E-state index contributed by atoms with van der Waals surface area (Å²) < 4.78 is 9.92. The van der Waals surface area contributed by atoms with E-state index in [9.17, 15) is 14.4 Å². The molecular weight excluding hydrogens is 395 g/mol. The minimum absolute atomic E-state index is 0.0704. The predicted molar refractivity (Wildman–Crippen MR) is 99.7 cm³/mol. The normalized spacial score (nSPS) is 10.0. The Kier molecular flexibility index (Phi) is 7.45. The SMILES string of the molecule is COc1ccc(Cl)cc1C(=O)NNC(=O)COC(=O)Cc1ccccc1Cl. The fourth-order valence-electron chi connectivity index (χ4n) is 2.08. The Hall–Kier alpha value is -2.77. The number of amides is 2. The number of esters is 1. The molecule has 0 radical (unpaired) electrons. The Balaban J connectivity index is 1.81. The van der Waals surface area contributed by atoms with Crippen LogP contribution >= 0.6 is 23.2 Å². The van der Waals surface area contributed by atoms with Gasteiger partial charge in [-0.1, -0.05) is 41.4 Å². The van der Waals surface area contributed by atoms with Crippen molar-refractivity contribution in [3.05, 3.63) is 63.6 Å². The molecule has 2 aromatic rings. The molecule has 0 spiro atoms. The van der Waals surface area contributed by atoms with E-state index in [1.807, 2.05) is 0 Å². The first-order valence-corrected chi connectivity index (χ1v) is 8.48. The van der Waals surface area contributed by atoms with Crippen molar-refractivity contribution in [3.8, 4) is 5.75 Å². The van der Waals surface area contributed by atoms with Crippen LogP contribution in [0.3, 0.4) is 0 Å². The number of carbonyl (C=O) groups is 3. The molecule has 2 amide bonds. The number of halogens is 2. The maximum absolute atomic E-state index is 12.1. The number of hydrogen-bond acceptors (Lipinski definition) is 5. The summed E-state index contributed by atoms with van der Waals surface area (Å²) in [6.07, 6.45) is -0.0704. The summed E-state index contributed by atoms with van der Waals surface area (Å²) in [6.45, 7) is -0.559. The van der Waals surface area contributed by atoms with Gasteiger partial charge in [-0.15, -0.1) is 0 Å². The molecule has 2 rings (SSSR count). The molecule has 142 valence electrons. The summed E-state index contributed by atoms with van der Waals surface area (Å²) in [7, 11) is 1.40. The molecule has 0 aliphatic carbocycles. The standard InChI is InChI=1S/C18H16Cl2N2O5/c1-26-15-7-6-12(19)9-13(15)18(25)22-21-16(23)10-27-17(24)8-11-4-2-3-5-14(11)20/h2-7,9H,8,10H2,1H3,(H,21,23)(H,22,25). The molecule has 9 heteroatoms. The largest absolute Gasteiger partial charge is 0.496 e. The second kappa shape index (κ2) is 9.80. The summed E-state index contributed by atoms with van der Waals surface area (Å²) in [5.41, 5.74) is 5.06. The summed E-state index contributed by atoms with van der Waals surface area (Å²) in [4.78, 5) is 35.6. The van der Waals surface area contributed by atoms with Crippen molar-refractivity contribution >= 4 is 41.0 Å². The van der Waals surface area contributed by atoms with Crippen molar-refractivity contribution < 1.29 is 23.9 Å². The number of carbonyl (C=O) groups excluding carboxylic acids is 3. The Morgan fingerprint density at radius 1 is 1.04 bits per heavy atom. The second-order valence-corrected chi connectivity index (χ2v) is 6.12. The number of methoxy groups -OCH3 is 1. The number of nitrogens with one attached hydrogen (secondary N) is 2. The lowest BCUT2D eigenvalue weighted by Crippen LogP contribution is -2.43. The zero-order chi connectivity index (χ0) is 19.8. The van der Waals surface area contributed by atoms with Crippen molar-refractivity contribution in [1.82, 2.24) is 10.9 Å². The van der Waals surface area contributed by atoms with Crippen LogP contribution in [0.2, 0.25) is 10.0 Å². The highest BCUT2D eigenvalue weighted by molar-refractivity contribution is 6.31. The van der Waals surface area contributed by atoms with Gasteiger partial charge in [-0.3, -0.25) is 25.2 Å². The van der Waals surface area contributed by atoms with Crippen LogP contribution in [0, 0.1) is 0 Å². The van der Waals surface area contributed by atoms with Crippen LogP contribution in [0.25, 0.3) is 0 Å². The first-order chi connectivity index (χ1) is 12.9. The van der Waals surface area contributed by atoms with Crippen LogP contribution in [-0.2, 0) is 20.7 Å². The van der Waals surface area contributed by atoms with Gasteiger partial charge in [0.05, 0.1) is 19.1 Å². The van der Waals surface area contributed by atoms with E-state index in [1.54, 1.807) is 30.3 Å². The highest BCUT2D eigenvalue weighted by Crippen LogP contribution is 2.22. The summed E-state index contributed by atoms with van der Waals surface area (Å²) in [5.74, 6) is -1.68. The van der Waals surface area contributed by atoms with Gasteiger partial charge in [0.15, 0.2) is 6.61 Å². The lowest BCUT2D eigenvalue weighted by Gasteiger charge is -2.11. The van der Waals surface area contributed by atoms with E-state index >= 15 is 0 Å². The van der Waals surface area contributed by atoms with E-state index in [2.05, 4.69) is 10.9 Å². The van der Waals surface area contributed by atoms with Gasteiger partial charge in [-0.25, -0.2) is 0 Å². The minimum atomic E-state index is -0.711. The van der Waals surface area contributed by atoms with Crippen molar-refractivity contribution in [1.29, 1.82) is 0 Å². The van der Waals surface area contributed by atoms with Gasteiger partial charge in [0.2, 0.25) is 0 Å². The maximum Gasteiger partial charge on any atom is 0.310 e.